The quantitative estimate of drug-likeness (QED) is 0.507. The van der Waals surface area contributed by atoms with Gasteiger partial charge in [0, 0.05) is 23.3 Å². The first-order valence-electron chi connectivity index (χ1n) is 9.04. The molecule has 6 nitrogen and oxygen atoms in total. The molecule has 0 aliphatic rings. The molecule has 0 atom stereocenters. The summed E-state index contributed by atoms with van der Waals surface area (Å²) in [7, 11) is 4.74. The van der Waals surface area contributed by atoms with Gasteiger partial charge in [-0.25, -0.2) is 4.98 Å². The summed E-state index contributed by atoms with van der Waals surface area (Å²) in [5.41, 5.74) is 2.81. The number of ether oxygens (including phenoxy) is 3. The van der Waals surface area contributed by atoms with Crippen molar-refractivity contribution in [3.63, 3.8) is 0 Å². The standard InChI is InChI=1S/C23H20N2O4/c1-27-19-9-5-4-7-17(19)23(26)25-14-18(16-8-6-12-24-22(16)25)15-10-11-20(28-2)21(13-15)29-3/h4-14H,1-3H3. The van der Waals surface area contributed by atoms with Crippen LogP contribution in [0.5, 0.6) is 17.2 Å². The van der Waals surface area contributed by atoms with E-state index in [-0.39, 0.29) is 5.91 Å². The van der Waals surface area contributed by atoms with E-state index in [0.717, 1.165) is 16.5 Å². The number of methoxy groups -OCH3 is 3. The Balaban J connectivity index is 1.90. The fourth-order valence-corrected chi connectivity index (χ4v) is 3.40. The van der Waals surface area contributed by atoms with Gasteiger partial charge in [-0.2, -0.15) is 0 Å². The zero-order valence-corrected chi connectivity index (χ0v) is 16.4. The van der Waals surface area contributed by atoms with Gasteiger partial charge in [0.05, 0.1) is 26.9 Å². The smallest absolute Gasteiger partial charge is 0.267 e. The molecule has 0 aliphatic carbocycles. The van der Waals surface area contributed by atoms with E-state index in [9.17, 15) is 4.79 Å². The normalized spacial score (nSPS) is 10.7. The third-order valence-electron chi connectivity index (χ3n) is 4.81. The third kappa shape index (κ3) is 3.18. The second-order valence-electron chi connectivity index (χ2n) is 6.36. The highest BCUT2D eigenvalue weighted by Gasteiger charge is 2.20. The van der Waals surface area contributed by atoms with Crippen LogP contribution in [0.3, 0.4) is 0 Å². The molecule has 0 saturated carbocycles. The van der Waals surface area contributed by atoms with Crippen LogP contribution in [-0.4, -0.2) is 36.8 Å². The number of rotatable bonds is 5. The Bertz CT molecular complexity index is 1200. The topological polar surface area (TPSA) is 62.6 Å². The highest BCUT2D eigenvalue weighted by atomic mass is 16.5. The molecule has 4 aromatic rings. The minimum Gasteiger partial charge on any atom is -0.496 e. The molecule has 0 unspecified atom stereocenters. The highest BCUT2D eigenvalue weighted by molar-refractivity contribution is 6.06. The average Bonchev–Trinajstić information content (AvgIpc) is 3.17. The van der Waals surface area contributed by atoms with Gasteiger partial charge in [-0.1, -0.05) is 18.2 Å². The van der Waals surface area contributed by atoms with E-state index < -0.39 is 0 Å². The molecule has 0 amide bonds. The summed E-state index contributed by atoms with van der Waals surface area (Å²) in [4.78, 5) is 17.8. The Kier molecular flexibility index (Phi) is 4.91. The summed E-state index contributed by atoms with van der Waals surface area (Å²) in [6.07, 6.45) is 3.47. The highest BCUT2D eigenvalue weighted by Crippen LogP contribution is 2.36. The van der Waals surface area contributed by atoms with E-state index in [4.69, 9.17) is 14.2 Å². The molecule has 2 aromatic heterocycles. The Labute approximate surface area is 168 Å². The van der Waals surface area contributed by atoms with Crippen molar-refractivity contribution in [3.05, 3.63) is 72.6 Å². The number of hydrogen-bond acceptors (Lipinski definition) is 5. The van der Waals surface area contributed by atoms with Crippen LogP contribution in [0.15, 0.2) is 67.0 Å². The number of hydrogen-bond donors (Lipinski definition) is 0. The van der Waals surface area contributed by atoms with Gasteiger partial charge in [-0.3, -0.25) is 9.36 Å². The van der Waals surface area contributed by atoms with Crippen LogP contribution in [-0.2, 0) is 0 Å². The minimum absolute atomic E-state index is 0.210. The SMILES string of the molecule is COc1ccc(-c2cn(C(=O)c3ccccc3OC)c3ncccc23)cc1OC. The maximum atomic E-state index is 13.3. The monoisotopic (exact) mass is 388 g/mol. The first kappa shape index (κ1) is 18.6. The summed E-state index contributed by atoms with van der Waals surface area (Å²) >= 11 is 0. The largest absolute Gasteiger partial charge is 0.496 e. The second kappa shape index (κ2) is 7.67. The molecule has 2 heterocycles. The Morgan fingerprint density at radius 3 is 2.38 bits per heavy atom. The zero-order chi connectivity index (χ0) is 20.4. The van der Waals surface area contributed by atoms with Crippen molar-refractivity contribution < 1.29 is 19.0 Å². The molecular weight excluding hydrogens is 368 g/mol. The number of carbonyl (C=O) groups is 1. The molecule has 2 aromatic carbocycles. The predicted molar refractivity (Wildman–Crippen MR) is 111 cm³/mol. The summed E-state index contributed by atoms with van der Waals surface area (Å²) < 4.78 is 17.7. The Morgan fingerprint density at radius 1 is 0.862 bits per heavy atom. The van der Waals surface area contributed by atoms with Gasteiger partial charge >= 0.3 is 0 Å². The number of para-hydroxylation sites is 1. The van der Waals surface area contributed by atoms with Crippen LogP contribution in [0, 0.1) is 0 Å². The van der Waals surface area contributed by atoms with Crippen LogP contribution in [0.25, 0.3) is 22.2 Å². The summed E-state index contributed by atoms with van der Waals surface area (Å²) in [6, 6.07) is 16.6. The van der Waals surface area contributed by atoms with Crippen molar-refractivity contribution in [1.82, 2.24) is 9.55 Å². The average molecular weight is 388 g/mol. The van der Waals surface area contributed by atoms with Crippen molar-refractivity contribution >= 4 is 16.9 Å². The Hall–Kier alpha value is -3.80. The summed E-state index contributed by atoms with van der Waals surface area (Å²) in [5, 5.41) is 0.864. The van der Waals surface area contributed by atoms with E-state index in [1.54, 1.807) is 50.4 Å². The molecule has 0 fully saturated rings. The maximum absolute atomic E-state index is 13.3. The minimum atomic E-state index is -0.210. The first-order valence-corrected chi connectivity index (χ1v) is 9.04. The lowest BCUT2D eigenvalue weighted by Crippen LogP contribution is -2.12. The molecule has 0 saturated heterocycles. The van der Waals surface area contributed by atoms with Crippen molar-refractivity contribution in [2.75, 3.05) is 21.3 Å². The number of benzene rings is 2. The summed E-state index contributed by atoms with van der Waals surface area (Å²) in [5.74, 6) is 1.56. The molecule has 0 N–H and O–H groups in total. The van der Waals surface area contributed by atoms with Crippen LogP contribution in [0.4, 0.5) is 0 Å². The van der Waals surface area contributed by atoms with Gasteiger partial charge in [0.1, 0.15) is 11.4 Å². The lowest BCUT2D eigenvalue weighted by molar-refractivity contribution is 0.0961. The number of pyridine rings is 1. The number of nitrogens with zero attached hydrogens (tertiary/aromatic N) is 2. The lowest BCUT2D eigenvalue weighted by atomic mass is 10.1. The number of fused-ring (bicyclic) bond motifs is 1. The molecule has 6 heteroatoms. The van der Waals surface area contributed by atoms with Gasteiger partial charge < -0.3 is 14.2 Å². The summed E-state index contributed by atoms with van der Waals surface area (Å²) in [6.45, 7) is 0. The molecule has 0 aliphatic heterocycles. The fourth-order valence-electron chi connectivity index (χ4n) is 3.40. The van der Waals surface area contributed by atoms with Crippen LogP contribution >= 0.6 is 0 Å². The molecule has 0 radical (unpaired) electrons. The molecule has 4 rings (SSSR count). The van der Waals surface area contributed by atoms with Crippen molar-refractivity contribution in [2.45, 2.75) is 0 Å². The van der Waals surface area contributed by atoms with Crippen LogP contribution in [0.2, 0.25) is 0 Å². The van der Waals surface area contributed by atoms with Crippen molar-refractivity contribution in [3.8, 4) is 28.4 Å². The van der Waals surface area contributed by atoms with Crippen molar-refractivity contribution in [1.29, 1.82) is 0 Å². The van der Waals surface area contributed by atoms with Gasteiger partial charge in [0.25, 0.3) is 5.91 Å². The first-order chi connectivity index (χ1) is 14.2. The van der Waals surface area contributed by atoms with Crippen LogP contribution in [0.1, 0.15) is 10.4 Å². The van der Waals surface area contributed by atoms with E-state index in [1.165, 1.54) is 0 Å². The van der Waals surface area contributed by atoms with Crippen LogP contribution < -0.4 is 14.2 Å². The van der Waals surface area contributed by atoms with Gasteiger partial charge in [0.2, 0.25) is 0 Å². The second-order valence-corrected chi connectivity index (χ2v) is 6.36. The fraction of sp³-hybridized carbons (Fsp3) is 0.130. The van der Waals surface area contributed by atoms with E-state index in [0.29, 0.717) is 28.5 Å². The zero-order valence-electron chi connectivity index (χ0n) is 16.4. The molecular formula is C23H20N2O4. The van der Waals surface area contributed by atoms with Gasteiger partial charge in [-0.05, 0) is 42.0 Å². The molecule has 146 valence electrons. The predicted octanol–water partition coefficient (Wildman–Crippen LogP) is 4.42. The van der Waals surface area contributed by atoms with E-state index in [2.05, 4.69) is 4.98 Å². The van der Waals surface area contributed by atoms with Gasteiger partial charge in [0.15, 0.2) is 11.5 Å². The lowest BCUT2D eigenvalue weighted by Gasteiger charge is -2.09. The number of aromatic nitrogens is 2. The van der Waals surface area contributed by atoms with Gasteiger partial charge in [-0.15, -0.1) is 0 Å². The molecule has 29 heavy (non-hydrogen) atoms. The molecule has 0 spiro atoms. The Morgan fingerprint density at radius 2 is 1.62 bits per heavy atom. The molecule has 0 bridgehead atoms. The number of carbonyl (C=O) groups excluding carboxylic acids is 1. The maximum Gasteiger partial charge on any atom is 0.267 e. The third-order valence-corrected chi connectivity index (χ3v) is 4.81. The van der Waals surface area contributed by atoms with Crippen molar-refractivity contribution in [2.24, 2.45) is 0 Å². The van der Waals surface area contributed by atoms with E-state index >= 15 is 0 Å². The van der Waals surface area contributed by atoms with E-state index in [1.807, 2.05) is 42.5 Å².